The summed E-state index contributed by atoms with van der Waals surface area (Å²) in [6, 6.07) is 11.2. The molecule has 128 valence electrons. The van der Waals surface area contributed by atoms with E-state index >= 15 is 0 Å². The van der Waals surface area contributed by atoms with Crippen molar-refractivity contribution in [3.05, 3.63) is 30.3 Å². The first-order chi connectivity index (χ1) is 10.8. The Hall–Kier alpha value is -1.27. The molecule has 0 fully saturated rings. The highest BCUT2D eigenvalue weighted by Gasteiger charge is 2.22. The lowest BCUT2D eigenvalue weighted by molar-refractivity contribution is -0.140. The molecular weight excluding hydrogens is 326 g/mol. The van der Waals surface area contributed by atoms with Gasteiger partial charge in [0.05, 0.1) is 8.07 Å². The van der Waals surface area contributed by atoms with Crippen LogP contribution in [0.4, 0.5) is 0 Å². The summed E-state index contributed by atoms with van der Waals surface area (Å²) < 4.78 is 0. The van der Waals surface area contributed by atoms with Crippen LogP contribution in [-0.4, -0.2) is 42.6 Å². The van der Waals surface area contributed by atoms with E-state index in [9.17, 15) is 9.59 Å². The molecule has 0 heterocycles. The highest BCUT2D eigenvalue weighted by molar-refractivity contribution is 7.99. The maximum absolute atomic E-state index is 11.0. The summed E-state index contributed by atoms with van der Waals surface area (Å²) in [5.74, 6) is 0.0933. The van der Waals surface area contributed by atoms with Gasteiger partial charge in [-0.25, -0.2) is 4.79 Å². The van der Waals surface area contributed by atoms with E-state index in [1.165, 1.54) is 24.6 Å². The fourth-order valence-corrected chi connectivity index (χ4v) is 5.98. The van der Waals surface area contributed by atoms with Gasteiger partial charge in [0.2, 0.25) is 5.91 Å². The van der Waals surface area contributed by atoms with E-state index in [4.69, 9.17) is 5.11 Å². The molecule has 1 aromatic carbocycles. The van der Waals surface area contributed by atoms with Gasteiger partial charge in [-0.05, 0) is 12.2 Å². The van der Waals surface area contributed by atoms with Gasteiger partial charge in [0.1, 0.15) is 6.04 Å². The second kappa shape index (κ2) is 9.77. The standard InChI is InChI=1S/C17H27NO3SSi/c1-14(19)18-16(17(20)21)13-22-11-7-8-12-23(2,3)15-9-5-4-6-10-15/h4-6,9-10,16H,7-8,11-13H2,1-3H3,(H,18,19)(H,20,21). The van der Waals surface area contributed by atoms with E-state index in [0.29, 0.717) is 5.75 Å². The molecule has 0 saturated heterocycles. The molecule has 1 atom stereocenters. The van der Waals surface area contributed by atoms with Gasteiger partial charge in [0.25, 0.3) is 0 Å². The lowest BCUT2D eigenvalue weighted by Gasteiger charge is -2.22. The van der Waals surface area contributed by atoms with E-state index in [-0.39, 0.29) is 5.91 Å². The van der Waals surface area contributed by atoms with Crippen molar-refractivity contribution in [3.8, 4) is 0 Å². The fraction of sp³-hybridized carbons (Fsp3) is 0.529. The first kappa shape index (κ1) is 19.8. The summed E-state index contributed by atoms with van der Waals surface area (Å²) >= 11 is 1.60. The van der Waals surface area contributed by atoms with Crippen LogP contribution < -0.4 is 10.5 Å². The molecule has 0 spiro atoms. The Balaban J connectivity index is 2.24. The fourth-order valence-electron chi connectivity index (χ4n) is 2.43. The van der Waals surface area contributed by atoms with Crippen molar-refractivity contribution in [2.45, 2.75) is 44.9 Å². The van der Waals surface area contributed by atoms with E-state index in [0.717, 1.165) is 12.2 Å². The highest BCUT2D eigenvalue weighted by Crippen LogP contribution is 2.16. The predicted molar refractivity (Wildman–Crippen MR) is 100 cm³/mol. The molecule has 0 aliphatic rings. The molecule has 1 aromatic rings. The van der Waals surface area contributed by atoms with Gasteiger partial charge in [0.15, 0.2) is 0 Å². The summed E-state index contributed by atoms with van der Waals surface area (Å²) in [6.45, 7) is 6.14. The molecule has 0 bridgehead atoms. The number of carbonyl (C=O) groups excluding carboxylic acids is 1. The van der Waals surface area contributed by atoms with Crippen molar-refractivity contribution < 1.29 is 14.7 Å². The third kappa shape index (κ3) is 7.70. The molecule has 1 amide bonds. The van der Waals surface area contributed by atoms with E-state index < -0.39 is 20.1 Å². The third-order valence-corrected chi connectivity index (χ3v) is 8.50. The van der Waals surface area contributed by atoms with Crippen LogP contribution in [0.1, 0.15) is 19.8 Å². The van der Waals surface area contributed by atoms with Crippen molar-refractivity contribution in [3.63, 3.8) is 0 Å². The summed E-state index contributed by atoms with van der Waals surface area (Å²) in [5.41, 5.74) is 0. The first-order valence-corrected chi connectivity index (χ1v) is 12.3. The van der Waals surface area contributed by atoms with Crippen LogP contribution in [0.2, 0.25) is 19.1 Å². The Morgan fingerprint density at radius 3 is 2.43 bits per heavy atom. The number of carboxylic acids is 1. The van der Waals surface area contributed by atoms with E-state index in [1.807, 2.05) is 0 Å². The number of hydrogen-bond acceptors (Lipinski definition) is 3. The van der Waals surface area contributed by atoms with Crippen LogP contribution in [0, 0.1) is 0 Å². The minimum atomic E-state index is -1.36. The van der Waals surface area contributed by atoms with Crippen LogP contribution in [0.15, 0.2) is 30.3 Å². The molecule has 6 heteroatoms. The largest absolute Gasteiger partial charge is 0.480 e. The Morgan fingerprint density at radius 2 is 1.87 bits per heavy atom. The molecule has 1 unspecified atom stereocenters. The Morgan fingerprint density at radius 1 is 1.22 bits per heavy atom. The van der Waals surface area contributed by atoms with Gasteiger partial charge in [-0.3, -0.25) is 4.79 Å². The van der Waals surface area contributed by atoms with Gasteiger partial charge in [0, 0.05) is 12.7 Å². The topological polar surface area (TPSA) is 66.4 Å². The number of carboxylic acid groups (broad SMARTS) is 1. The lowest BCUT2D eigenvalue weighted by Crippen LogP contribution is -2.41. The molecule has 0 aromatic heterocycles. The lowest BCUT2D eigenvalue weighted by atomic mass is 10.3. The van der Waals surface area contributed by atoms with Gasteiger partial charge in [-0.2, -0.15) is 11.8 Å². The maximum Gasteiger partial charge on any atom is 0.327 e. The van der Waals surface area contributed by atoms with Crippen LogP contribution >= 0.6 is 11.8 Å². The average molecular weight is 354 g/mol. The zero-order valence-electron chi connectivity index (χ0n) is 14.2. The Bertz CT molecular complexity index is 508. The Kier molecular flexibility index (Phi) is 8.40. The molecule has 0 aliphatic carbocycles. The van der Waals surface area contributed by atoms with Crippen molar-refractivity contribution in [1.29, 1.82) is 0 Å². The number of hydrogen-bond donors (Lipinski definition) is 2. The minimum absolute atomic E-state index is 0.298. The first-order valence-electron chi connectivity index (χ1n) is 7.96. The average Bonchev–Trinajstić information content (AvgIpc) is 2.49. The van der Waals surface area contributed by atoms with Crippen LogP contribution in [0.3, 0.4) is 0 Å². The predicted octanol–water partition coefficient (Wildman–Crippen LogP) is 2.70. The molecule has 0 aliphatic heterocycles. The molecule has 0 saturated carbocycles. The summed E-state index contributed by atoms with van der Waals surface area (Å²) in [5, 5.41) is 13.0. The smallest absolute Gasteiger partial charge is 0.327 e. The third-order valence-electron chi connectivity index (χ3n) is 3.86. The number of nitrogens with one attached hydrogen (secondary N) is 1. The van der Waals surface area contributed by atoms with Crippen LogP contribution in [0.25, 0.3) is 0 Å². The second-order valence-electron chi connectivity index (χ2n) is 6.37. The second-order valence-corrected chi connectivity index (χ2v) is 12.4. The quantitative estimate of drug-likeness (QED) is 0.501. The van der Waals surface area contributed by atoms with Gasteiger partial charge in [-0.15, -0.1) is 0 Å². The van der Waals surface area contributed by atoms with Crippen molar-refractivity contribution in [1.82, 2.24) is 5.32 Å². The number of unbranched alkanes of at least 4 members (excludes halogenated alkanes) is 1. The zero-order chi connectivity index (χ0) is 17.3. The number of benzene rings is 1. The van der Waals surface area contributed by atoms with E-state index in [1.54, 1.807) is 11.8 Å². The monoisotopic (exact) mass is 353 g/mol. The number of rotatable bonds is 10. The Labute approximate surface area is 144 Å². The number of aliphatic carboxylic acids is 1. The molecule has 2 N–H and O–H groups in total. The van der Waals surface area contributed by atoms with Crippen molar-refractivity contribution >= 4 is 36.9 Å². The van der Waals surface area contributed by atoms with E-state index in [2.05, 4.69) is 48.7 Å². The number of thioether (sulfide) groups is 1. The van der Waals surface area contributed by atoms with Crippen LogP contribution in [0.5, 0.6) is 0 Å². The minimum Gasteiger partial charge on any atom is -0.480 e. The van der Waals surface area contributed by atoms with Gasteiger partial charge < -0.3 is 10.4 Å². The van der Waals surface area contributed by atoms with Gasteiger partial charge >= 0.3 is 5.97 Å². The SMILES string of the molecule is CC(=O)NC(CSCCCC[Si](C)(C)c1ccccc1)C(=O)O. The number of amides is 1. The maximum atomic E-state index is 11.0. The summed E-state index contributed by atoms with van der Waals surface area (Å²) in [4.78, 5) is 22.0. The molecule has 4 nitrogen and oxygen atoms in total. The summed E-state index contributed by atoms with van der Waals surface area (Å²) in [7, 11) is -1.36. The molecular formula is C17H27NO3SSi. The molecule has 0 radical (unpaired) electrons. The zero-order valence-corrected chi connectivity index (χ0v) is 16.0. The highest BCUT2D eigenvalue weighted by atomic mass is 32.2. The van der Waals surface area contributed by atoms with Crippen molar-refractivity contribution in [2.24, 2.45) is 0 Å². The van der Waals surface area contributed by atoms with Crippen molar-refractivity contribution in [2.75, 3.05) is 11.5 Å². The molecule has 1 rings (SSSR count). The molecule has 23 heavy (non-hydrogen) atoms. The summed E-state index contributed by atoms with van der Waals surface area (Å²) in [6.07, 6.45) is 2.25. The van der Waals surface area contributed by atoms with Gasteiger partial charge in [-0.1, -0.05) is 61.1 Å². The normalized spacial score (nSPS) is 12.7. The van der Waals surface area contributed by atoms with Crippen LogP contribution in [-0.2, 0) is 9.59 Å². The number of carbonyl (C=O) groups is 2.